The van der Waals surface area contributed by atoms with Gasteiger partial charge < -0.3 is 15.5 Å². The summed E-state index contributed by atoms with van der Waals surface area (Å²) in [5.74, 6) is 2.38. The number of hydrogen-bond acceptors (Lipinski definition) is 4. The molecule has 136 valence electrons. The van der Waals surface area contributed by atoms with E-state index in [-0.39, 0.29) is 0 Å². The summed E-state index contributed by atoms with van der Waals surface area (Å²) in [5, 5.41) is 8.91. The average Bonchev–Trinajstić information content (AvgIpc) is 3.10. The summed E-state index contributed by atoms with van der Waals surface area (Å²) in [6.07, 6.45) is 2.93. The number of aromatic nitrogens is 1. The molecule has 0 aromatic carbocycles. The third-order valence-corrected chi connectivity index (χ3v) is 4.68. The molecular formula is C19H29N5S. The third kappa shape index (κ3) is 6.74. The molecule has 0 aliphatic heterocycles. The van der Waals surface area contributed by atoms with Gasteiger partial charge in [0.2, 0.25) is 0 Å². The molecule has 2 aromatic heterocycles. The summed E-state index contributed by atoms with van der Waals surface area (Å²) in [4.78, 5) is 12.5. The van der Waals surface area contributed by atoms with Gasteiger partial charge in [-0.3, -0.25) is 0 Å². The van der Waals surface area contributed by atoms with Crippen LogP contribution in [0.3, 0.4) is 0 Å². The van der Waals surface area contributed by atoms with E-state index in [0.717, 1.165) is 36.9 Å². The van der Waals surface area contributed by atoms with Crippen LogP contribution >= 0.6 is 11.3 Å². The molecule has 2 rings (SSSR count). The molecule has 0 aliphatic carbocycles. The topological polar surface area (TPSA) is 52.6 Å². The lowest BCUT2D eigenvalue weighted by atomic mass is 10.1. The van der Waals surface area contributed by atoms with Crippen LogP contribution in [0.25, 0.3) is 0 Å². The second-order valence-corrected chi connectivity index (χ2v) is 7.41. The minimum absolute atomic E-state index is 0.559. The predicted octanol–water partition coefficient (Wildman–Crippen LogP) is 3.14. The molecule has 6 heteroatoms. The van der Waals surface area contributed by atoms with E-state index >= 15 is 0 Å². The van der Waals surface area contributed by atoms with E-state index in [1.165, 1.54) is 4.88 Å². The Morgan fingerprint density at radius 2 is 2.16 bits per heavy atom. The average molecular weight is 360 g/mol. The van der Waals surface area contributed by atoms with Crippen molar-refractivity contribution in [2.45, 2.75) is 26.8 Å². The van der Waals surface area contributed by atoms with Crippen LogP contribution in [0.5, 0.6) is 0 Å². The normalized spacial score (nSPS) is 12.7. The maximum atomic E-state index is 4.70. The summed E-state index contributed by atoms with van der Waals surface area (Å²) in [6.45, 7) is 6.75. The summed E-state index contributed by atoms with van der Waals surface area (Å²) in [5.41, 5.74) is 1.16. The number of aliphatic imine (C=N–C) groups is 1. The molecule has 0 bridgehead atoms. The highest BCUT2D eigenvalue weighted by molar-refractivity contribution is 7.09. The minimum Gasteiger partial charge on any atom is -0.363 e. The zero-order chi connectivity index (χ0) is 18.1. The summed E-state index contributed by atoms with van der Waals surface area (Å²) in [6, 6.07) is 8.40. The van der Waals surface area contributed by atoms with Crippen molar-refractivity contribution in [2.75, 3.05) is 32.1 Å². The lowest BCUT2D eigenvalue weighted by Gasteiger charge is -2.16. The molecule has 2 aromatic rings. The van der Waals surface area contributed by atoms with Gasteiger partial charge in [-0.05, 0) is 48.4 Å². The summed E-state index contributed by atoms with van der Waals surface area (Å²) in [7, 11) is 3.99. The number of guanidine groups is 1. The van der Waals surface area contributed by atoms with Gasteiger partial charge in [0.15, 0.2) is 5.96 Å². The van der Waals surface area contributed by atoms with E-state index in [1.54, 1.807) is 0 Å². The van der Waals surface area contributed by atoms with E-state index in [0.29, 0.717) is 12.5 Å². The molecule has 1 unspecified atom stereocenters. The van der Waals surface area contributed by atoms with Gasteiger partial charge in [-0.25, -0.2) is 9.98 Å². The van der Waals surface area contributed by atoms with Gasteiger partial charge in [-0.2, -0.15) is 0 Å². The van der Waals surface area contributed by atoms with Crippen LogP contribution in [-0.2, 0) is 13.0 Å². The summed E-state index contributed by atoms with van der Waals surface area (Å²) >= 11 is 1.82. The zero-order valence-electron chi connectivity index (χ0n) is 15.6. The first-order valence-electron chi connectivity index (χ1n) is 8.75. The van der Waals surface area contributed by atoms with Gasteiger partial charge in [0, 0.05) is 38.3 Å². The molecule has 2 heterocycles. The highest BCUT2D eigenvalue weighted by atomic mass is 32.1. The second kappa shape index (κ2) is 10.0. The smallest absolute Gasteiger partial charge is 0.191 e. The van der Waals surface area contributed by atoms with Crippen LogP contribution in [0, 0.1) is 5.92 Å². The van der Waals surface area contributed by atoms with Crippen molar-refractivity contribution in [3.63, 3.8) is 0 Å². The van der Waals surface area contributed by atoms with E-state index in [4.69, 9.17) is 4.99 Å². The number of hydrogen-bond donors (Lipinski definition) is 2. The van der Waals surface area contributed by atoms with Crippen molar-refractivity contribution in [3.8, 4) is 0 Å². The Labute approximate surface area is 155 Å². The molecule has 0 spiro atoms. The SMILES string of the molecule is CCNC(=NCc1ccnc(N(C)C)c1)NCC(C)Cc1cccs1. The molecule has 0 saturated carbocycles. The highest BCUT2D eigenvalue weighted by Gasteiger charge is 2.06. The minimum atomic E-state index is 0.559. The van der Waals surface area contributed by atoms with Crippen LogP contribution in [0.1, 0.15) is 24.3 Å². The van der Waals surface area contributed by atoms with Crippen LogP contribution in [0.15, 0.2) is 40.8 Å². The standard InChI is InChI=1S/C19H29N5S/c1-5-20-19(22-13-15(2)11-17-7-6-10-25-17)23-14-16-8-9-21-18(12-16)24(3)4/h6-10,12,15H,5,11,13-14H2,1-4H3,(H2,20,22,23). The fourth-order valence-electron chi connectivity index (χ4n) is 2.43. The molecule has 0 fully saturated rings. The first-order valence-corrected chi connectivity index (χ1v) is 9.63. The number of pyridine rings is 1. The van der Waals surface area contributed by atoms with E-state index in [9.17, 15) is 0 Å². The Kier molecular flexibility index (Phi) is 7.73. The Morgan fingerprint density at radius 3 is 2.84 bits per heavy atom. The fourth-order valence-corrected chi connectivity index (χ4v) is 3.30. The van der Waals surface area contributed by atoms with E-state index in [1.807, 2.05) is 42.6 Å². The maximum Gasteiger partial charge on any atom is 0.191 e. The molecule has 1 atom stereocenters. The zero-order valence-corrected chi connectivity index (χ0v) is 16.4. The van der Waals surface area contributed by atoms with Crippen molar-refractivity contribution in [3.05, 3.63) is 46.3 Å². The predicted molar refractivity (Wildman–Crippen MR) is 109 cm³/mol. The van der Waals surface area contributed by atoms with Crippen molar-refractivity contribution in [1.29, 1.82) is 0 Å². The van der Waals surface area contributed by atoms with Crippen molar-refractivity contribution in [2.24, 2.45) is 10.9 Å². The van der Waals surface area contributed by atoms with Gasteiger partial charge in [0.1, 0.15) is 5.82 Å². The molecule has 0 radical (unpaired) electrons. The number of anilines is 1. The number of nitrogens with one attached hydrogen (secondary N) is 2. The monoisotopic (exact) mass is 359 g/mol. The molecule has 2 N–H and O–H groups in total. The van der Waals surface area contributed by atoms with Crippen LogP contribution < -0.4 is 15.5 Å². The molecule has 0 amide bonds. The van der Waals surface area contributed by atoms with Gasteiger partial charge in [-0.1, -0.05) is 13.0 Å². The highest BCUT2D eigenvalue weighted by Crippen LogP contribution is 2.14. The first-order chi connectivity index (χ1) is 12.1. The second-order valence-electron chi connectivity index (χ2n) is 6.38. The van der Waals surface area contributed by atoms with Crippen LogP contribution in [0.4, 0.5) is 5.82 Å². The number of rotatable bonds is 8. The van der Waals surface area contributed by atoms with E-state index < -0.39 is 0 Å². The lowest BCUT2D eigenvalue weighted by molar-refractivity contribution is 0.562. The Hall–Kier alpha value is -2.08. The van der Waals surface area contributed by atoms with E-state index in [2.05, 4.69) is 53.0 Å². The Balaban J connectivity index is 1.90. The van der Waals surface area contributed by atoms with Crippen molar-refractivity contribution >= 4 is 23.1 Å². The molecule has 0 aliphatic rings. The molecule has 5 nitrogen and oxygen atoms in total. The maximum absolute atomic E-state index is 4.70. The van der Waals surface area contributed by atoms with Gasteiger partial charge in [0.25, 0.3) is 0 Å². The van der Waals surface area contributed by atoms with Crippen molar-refractivity contribution in [1.82, 2.24) is 15.6 Å². The van der Waals surface area contributed by atoms with Crippen LogP contribution in [0.2, 0.25) is 0 Å². The van der Waals surface area contributed by atoms with Gasteiger partial charge in [0.05, 0.1) is 6.54 Å². The lowest BCUT2D eigenvalue weighted by Crippen LogP contribution is -2.39. The Morgan fingerprint density at radius 1 is 1.32 bits per heavy atom. The molecular weight excluding hydrogens is 330 g/mol. The summed E-state index contributed by atoms with van der Waals surface area (Å²) < 4.78 is 0. The quantitative estimate of drug-likeness (QED) is 0.562. The molecule has 25 heavy (non-hydrogen) atoms. The van der Waals surface area contributed by atoms with Gasteiger partial charge >= 0.3 is 0 Å². The van der Waals surface area contributed by atoms with Crippen molar-refractivity contribution < 1.29 is 0 Å². The largest absolute Gasteiger partial charge is 0.363 e. The Bertz CT molecular complexity index is 652. The molecule has 0 saturated heterocycles. The number of thiophene rings is 1. The number of nitrogens with zero attached hydrogens (tertiary/aromatic N) is 3. The van der Waals surface area contributed by atoms with Crippen LogP contribution in [-0.4, -0.2) is 38.1 Å². The fraction of sp³-hybridized carbons (Fsp3) is 0.474. The third-order valence-electron chi connectivity index (χ3n) is 3.78. The van der Waals surface area contributed by atoms with Gasteiger partial charge in [-0.15, -0.1) is 11.3 Å². The first kappa shape index (κ1) is 19.2.